The maximum absolute atomic E-state index is 5.16. The number of hydrogen-bond acceptors (Lipinski definition) is 3. The molecule has 0 aliphatic heterocycles. The smallest absolute Gasteiger partial charge is 0.152 e. The predicted molar refractivity (Wildman–Crippen MR) is 55.0 cm³/mol. The third kappa shape index (κ3) is 1.40. The number of terminal acetylenes is 1. The van der Waals surface area contributed by atoms with Crippen molar-refractivity contribution in [1.29, 1.82) is 0 Å². The maximum atomic E-state index is 5.16. The van der Waals surface area contributed by atoms with Gasteiger partial charge in [-0.2, -0.15) is 5.10 Å². The molecule has 0 unspecified atom stereocenters. The van der Waals surface area contributed by atoms with E-state index in [9.17, 15) is 0 Å². The second-order valence-electron chi connectivity index (χ2n) is 2.95. The van der Waals surface area contributed by atoms with E-state index in [2.05, 4.69) is 21.3 Å². The van der Waals surface area contributed by atoms with Gasteiger partial charge < -0.3 is 5.32 Å². The van der Waals surface area contributed by atoms with Gasteiger partial charge in [-0.3, -0.25) is 0 Å². The van der Waals surface area contributed by atoms with E-state index in [0.29, 0.717) is 6.54 Å². The first-order valence-corrected chi connectivity index (χ1v) is 4.29. The molecular weight excluding hydrogens is 176 g/mol. The molecule has 0 aliphatic rings. The summed E-state index contributed by atoms with van der Waals surface area (Å²) in [5, 5.41) is 7.31. The molecule has 0 aliphatic carbocycles. The van der Waals surface area contributed by atoms with Gasteiger partial charge in [-0.1, -0.05) is 5.92 Å². The van der Waals surface area contributed by atoms with Crippen LogP contribution in [-0.2, 0) is 0 Å². The van der Waals surface area contributed by atoms with E-state index in [1.54, 1.807) is 10.7 Å². The van der Waals surface area contributed by atoms with Crippen molar-refractivity contribution in [2.24, 2.45) is 0 Å². The average Bonchev–Trinajstić information content (AvgIpc) is 2.55. The summed E-state index contributed by atoms with van der Waals surface area (Å²) in [5.41, 5.74) is 1.90. The van der Waals surface area contributed by atoms with Crippen molar-refractivity contribution >= 4 is 11.3 Å². The van der Waals surface area contributed by atoms with E-state index >= 15 is 0 Å². The third-order valence-corrected chi connectivity index (χ3v) is 1.87. The van der Waals surface area contributed by atoms with Crippen molar-refractivity contribution in [3.8, 4) is 12.3 Å². The van der Waals surface area contributed by atoms with Crippen molar-refractivity contribution in [3.63, 3.8) is 0 Å². The average molecular weight is 186 g/mol. The van der Waals surface area contributed by atoms with Gasteiger partial charge in [0.15, 0.2) is 5.82 Å². The topological polar surface area (TPSA) is 42.2 Å². The second kappa shape index (κ2) is 3.38. The number of hydrogen-bond donors (Lipinski definition) is 1. The molecule has 0 bridgehead atoms. The molecular formula is C10H10N4. The lowest BCUT2D eigenvalue weighted by atomic mass is 10.4. The standard InChI is InChI=1S/C10H10N4/c1-3-4-11-10-9-7-8(2)13-14(9)6-5-12-10/h1,5-7H,4H2,2H3,(H,11,12). The quantitative estimate of drug-likeness (QED) is 0.714. The summed E-state index contributed by atoms with van der Waals surface area (Å²) in [7, 11) is 0. The summed E-state index contributed by atoms with van der Waals surface area (Å²) in [6.07, 6.45) is 8.66. The van der Waals surface area contributed by atoms with Crippen LogP contribution in [0.25, 0.3) is 5.52 Å². The summed E-state index contributed by atoms with van der Waals surface area (Å²) >= 11 is 0. The first kappa shape index (κ1) is 8.57. The van der Waals surface area contributed by atoms with E-state index in [4.69, 9.17) is 6.42 Å². The zero-order chi connectivity index (χ0) is 9.97. The first-order chi connectivity index (χ1) is 6.81. The summed E-state index contributed by atoms with van der Waals surface area (Å²) < 4.78 is 1.78. The molecule has 0 spiro atoms. The molecule has 2 heterocycles. The summed E-state index contributed by atoms with van der Waals surface area (Å²) in [6, 6.07) is 1.96. The van der Waals surface area contributed by atoms with Crippen LogP contribution in [0.2, 0.25) is 0 Å². The predicted octanol–water partition coefficient (Wildman–Crippen LogP) is 1.08. The van der Waals surface area contributed by atoms with Crippen molar-refractivity contribution in [2.75, 3.05) is 11.9 Å². The fraction of sp³-hybridized carbons (Fsp3) is 0.200. The Kier molecular flexibility index (Phi) is 2.07. The lowest BCUT2D eigenvalue weighted by Crippen LogP contribution is -2.02. The van der Waals surface area contributed by atoms with Gasteiger partial charge in [-0.15, -0.1) is 6.42 Å². The minimum absolute atomic E-state index is 0.469. The molecule has 2 rings (SSSR count). The Morgan fingerprint density at radius 3 is 3.29 bits per heavy atom. The lowest BCUT2D eigenvalue weighted by molar-refractivity contribution is 0.922. The Labute approximate surface area is 82.0 Å². The van der Waals surface area contributed by atoms with Crippen LogP contribution in [0.5, 0.6) is 0 Å². The van der Waals surface area contributed by atoms with E-state index in [0.717, 1.165) is 17.0 Å². The fourth-order valence-corrected chi connectivity index (χ4v) is 1.32. The van der Waals surface area contributed by atoms with Crippen molar-refractivity contribution in [3.05, 3.63) is 24.2 Å². The highest BCUT2D eigenvalue weighted by Crippen LogP contribution is 2.13. The van der Waals surface area contributed by atoms with Gasteiger partial charge in [-0.05, 0) is 13.0 Å². The SMILES string of the molecule is C#CCNc1nccn2nc(C)cc12. The molecule has 0 radical (unpaired) electrons. The number of fused-ring (bicyclic) bond motifs is 1. The van der Waals surface area contributed by atoms with Crippen LogP contribution >= 0.6 is 0 Å². The van der Waals surface area contributed by atoms with E-state index < -0.39 is 0 Å². The number of aromatic nitrogens is 3. The summed E-state index contributed by atoms with van der Waals surface area (Å²) in [6.45, 7) is 2.41. The van der Waals surface area contributed by atoms with Crippen LogP contribution in [0, 0.1) is 19.3 Å². The van der Waals surface area contributed by atoms with Gasteiger partial charge in [0, 0.05) is 12.4 Å². The first-order valence-electron chi connectivity index (χ1n) is 4.29. The molecule has 0 fully saturated rings. The van der Waals surface area contributed by atoms with Crippen LogP contribution < -0.4 is 5.32 Å². The molecule has 2 aromatic rings. The summed E-state index contributed by atoms with van der Waals surface area (Å²) in [5.74, 6) is 3.28. The highest BCUT2D eigenvalue weighted by molar-refractivity contribution is 5.67. The normalized spacial score (nSPS) is 10.0. The van der Waals surface area contributed by atoms with Crippen molar-refractivity contribution in [1.82, 2.24) is 14.6 Å². The van der Waals surface area contributed by atoms with Crippen LogP contribution in [0.4, 0.5) is 5.82 Å². The molecule has 0 saturated carbocycles. The Morgan fingerprint density at radius 1 is 1.64 bits per heavy atom. The van der Waals surface area contributed by atoms with Crippen molar-refractivity contribution < 1.29 is 0 Å². The molecule has 0 saturated heterocycles. The molecule has 70 valence electrons. The Hall–Kier alpha value is -2.02. The number of nitrogens with one attached hydrogen (secondary N) is 1. The van der Waals surface area contributed by atoms with E-state index in [1.165, 1.54) is 0 Å². The molecule has 4 heteroatoms. The van der Waals surface area contributed by atoms with Crippen LogP contribution in [-0.4, -0.2) is 21.1 Å². The lowest BCUT2D eigenvalue weighted by Gasteiger charge is -2.02. The fourth-order valence-electron chi connectivity index (χ4n) is 1.32. The van der Waals surface area contributed by atoms with E-state index in [1.807, 2.05) is 19.2 Å². The molecule has 1 N–H and O–H groups in total. The Bertz CT molecular complexity index is 492. The van der Waals surface area contributed by atoms with E-state index in [-0.39, 0.29) is 0 Å². The maximum Gasteiger partial charge on any atom is 0.152 e. The zero-order valence-electron chi connectivity index (χ0n) is 7.86. The van der Waals surface area contributed by atoms with Gasteiger partial charge >= 0.3 is 0 Å². The Morgan fingerprint density at radius 2 is 2.50 bits per heavy atom. The van der Waals surface area contributed by atoms with Gasteiger partial charge in [0.25, 0.3) is 0 Å². The largest absolute Gasteiger partial charge is 0.357 e. The summed E-state index contributed by atoms with van der Waals surface area (Å²) in [4.78, 5) is 4.19. The number of anilines is 1. The highest BCUT2D eigenvalue weighted by atomic mass is 15.2. The number of nitrogens with zero attached hydrogens (tertiary/aromatic N) is 3. The number of aryl methyl sites for hydroxylation is 1. The van der Waals surface area contributed by atoms with Crippen LogP contribution in [0.15, 0.2) is 18.5 Å². The van der Waals surface area contributed by atoms with Crippen LogP contribution in [0.1, 0.15) is 5.69 Å². The van der Waals surface area contributed by atoms with Gasteiger partial charge in [0.2, 0.25) is 0 Å². The monoisotopic (exact) mass is 186 g/mol. The third-order valence-electron chi connectivity index (χ3n) is 1.87. The molecule has 0 aromatic carbocycles. The van der Waals surface area contributed by atoms with Crippen molar-refractivity contribution in [2.45, 2.75) is 6.92 Å². The van der Waals surface area contributed by atoms with Gasteiger partial charge in [0.1, 0.15) is 5.52 Å². The van der Waals surface area contributed by atoms with Crippen LogP contribution in [0.3, 0.4) is 0 Å². The second-order valence-corrected chi connectivity index (χ2v) is 2.95. The molecule has 2 aromatic heterocycles. The zero-order valence-corrected chi connectivity index (χ0v) is 7.86. The van der Waals surface area contributed by atoms with Gasteiger partial charge in [0.05, 0.1) is 12.2 Å². The molecule has 0 atom stereocenters. The number of rotatable bonds is 2. The molecule has 14 heavy (non-hydrogen) atoms. The minimum atomic E-state index is 0.469. The molecule has 0 amide bonds. The highest BCUT2D eigenvalue weighted by Gasteiger charge is 2.03. The Balaban J connectivity index is 2.48. The van der Waals surface area contributed by atoms with Gasteiger partial charge in [-0.25, -0.2) is 9.50 Å². The minimum Gasteiger partial charge on any atom is -0.357 e. The molecule has 4 nitrogen and oxygen atoms in total.